The zero-order valence-electron chi connectivity index (χ0n) is 10.9. The highest BCUT2D eigenvalue weighted by atomic mass is 32.2. The summed E-state index contributed by atoms with van der Waals surface area (Å²) in [7, 11) is 0.0180. The summed E-state index contributed by atoms with van der Waals surface area (Å²) in [4.78, 5) is 0. The monoisotopic (exact) mass is 253 g/mol. The quantitative estimate of drug-likeness (QED) is 0.666. The molecule has 0 radical (unpaired) electrons. The van der Waals surface area contributed by atoms with Crippen LogP contribution in [0.15, 0.2) is 0 Å². The van der Waals surface area contributed by atoms with Crippen LogP contribution < -0.4 is 5.32 Å². The van der Waals surface area contributed by atoms with Gasteiger partial charge in [-0.25, -0.2) is 8.42 Å². The molecule has 16 heavy (non-hydrogen) atoms. The highest BCUT2D eigenvalue weighted by molar-refractivity contribution is 7.92. The molecule has 0 aliphatic heterocycles. The third-order valence-electron chi connectivity index (χ3n) is 2.73. The van der Waals surface area contributed by atoms with Gasteiger partial charge in [-0.3, -0.25) is 0 Å². The van der Waals surface area contributed by atoms with Gasteiger partial charge >= 0.3 is 0 Å². The van der Waals surface area contributed by atoms with Crippen LogP contribution in [0.1, 0.15) is 20.8 Å². The molecule has 0 spiro atoms. The van der Waals surface area contributed by atoms with Crippen molar-refractivity contribution in [2.24, 2.45) is 0 Å². The molecule has 0 aromatic rings. The SMILES string of the molecule is COC(OC)C(C)NCC(C)(C)S(C)(=O)=O. The number of hydrogen-bond donors (Lipinski definition) is 1. The van der Waals surface area contributed by atoms with Crippen molar-refractivity contribution >= 4 is 9.84 Å². The molecule has 1 N–H and O–H groups in total. The van der Waals surface area contributed by atoms with Crippen molar-refractivity contribution < 1.29 is 17.9 Å². The van der Waals surface area contributed by atoms with E-state index in [2.05, 4.69) is 5.32 Å². The van der Waals surface area contributed by atoms with E-state index in [9.17, 15) is 8.42 Å². The lowest BCUT2D eigenvalue weighted by Gasteiger charge is -2.28. The second kappa shape index (κ2) is 5.95. The Morgan fingerprint density at radius 1 is 1.25 bits per heavy atom. The predicted octanol–water partition coefficient (Wildman–Crippen LogP) is 0.407. The fourth-order valence-corrected chi connectivity index (χ4v) is 1.48. The Bertz CT molecular complexity index is 296. The van der Waals surface area contributed by atoms with Crippen molar-refractivity contribution in [2.75, 3.05) is 27.0 Å². The smallest absolute Gasteiger partial charge is 0.171 e. The van der Waals surface area contributed by atoms with E-state index in [4.69, 9.17) is 9.47 Å². The maximum atomic E-state index is 11.5. The summed E-state index contributed by atoms with van der Waals surface area (Å²) in [6, 6.07) is -0.0731. The van der Waals surface area contributed by atoms with Crippen LogP contribution >= 0.6 is 0 Å². The Morgan fingerprint density at radius 3 is 2.00 bits per heavy atom. The maximum Gasteiger partial charge on any atom is 0.171 e. The molecular formula is C10H23NO4S. The second-order valence-corrected chi connectivity index (χ2v) is 7.19. The molecule has 0 aliphatic rings. The maximum absolute atomic E-state index is 11.5. The van der Waals surface area contributed by atoms with Crippen LogP contribution in [0.25, 0.3) is 0 Å². The largest absolute Gasteiger partial charge is 0.354 e. The van der Waals surface area contributed by atoms with Gasteiger partial charge in [0.25, 0.3) is 0 Å². The van der Waals surface area contributed by atoms with Gasteiger partial charge in [-0.1, -0.05) is 0 Å². The van der Waals surface area contributed by atoms with E-state index in [1.807, 2.05) is 6.92 Å². The topological polar surface area (TPSA) is 64.6 Å². The Balaban J connectivity index is 4.35. The molecule has 0 aromatic carbocycles. The lowest BCUT2D eigenvalue weighted by molar-refractivity contribution is -0.119. The van der Waals surface area contributed by atoms with Crippen molar-refractivity contribution in [1.82, 2.24) is 5.32 Å². The molecule has 1 atom stereocenters. The summed E-state index contributed by atoms with van der Waals surface area (Å²) in [6.07, 6.45) is 0.860. The molecule has 6 heteroatoms. The molecule has 0 amide bonds. The number of rotatable bonds is 7. The van der Waals surface area contributed by atoms with Gasteiger partial charge in [0.1, 0.15) is 0 Å². The number of methoxy groups -OCH3 is 2. The van der Waals surface area contributed by atoms with Crippen molar-refractivity contribution in [3.05, 3.63) is 0 Å². The first-order chi connectivity index (χ1) is 7.15. The van der Waals surface area contributed by atoms with Crippen LogP contribution in [0, 0.1) is 0 Å². The first-order valence-corrected chi connectivity index (χ1v) is 7.03. The molecule has 0 rings (SSSR count). The third-order valence-corrected chi connectivity index (χ3v) is 4.88. The Labute approximate surface area is 98.4 Å². The van der Waals surface area contributed by atoms with E-state index in [0.29, 0.717) is 6.54 Å². The third kappa shape index (κ3) is 4.37. The van der Waals surface area contributed by atoms with Crippen LogP contribution in [0.3, 0.4) is 0 Å². The highest BCUT2D eigenvalue weighted by Gasteiger charge is 2.31. The molecule has 0 bridgehead atoms. The Hall–Kier alpha value is -0.170. The van der Waals surface area contributed by atoms with E-state index >= 15 is 0 Å². The van der Waals surface area contributed by atoms with Crippen molar-refractivity contribution in [1.29, 1.82) is 0 Å². The summed E-state index contributed by atoms with van der Waals surface area (Å²) in [5.74, 6) is 0. The van der Waals surface area contributed by atoms with Gasteiger partial charge in [0.05, 0.1) is 10.8 Å². The van der Waals surface area contributed by atoms with Gasteiger partial charge in [-0.05, 0) is 20.8 Å². The first kappa shape index (κ1) is 15.8. The van der Waals surface area contributed by atoms with Crippen LogP contribution in [-0.4, -0.2) is 52.5 Å². The lowest BCUT2D eigenvalue weighted by Crippen LogP contribution is -2.48. The average molecular weight is 253 g/mol. The van der Waals surface area contributed by atoms with Gasteiger partial charge in [-0.2, -0.15) is 0 Å². The summed E-state index contributed by atoms with van der Waals surface area (Å²) in [5.41, 5.74) is 0. The summed E-state index contributed by atoms with van der Waals surface area (Å²) in [5, 5.41) is 3.10. The molecule has 0 saturated carbocycles. The van der Waals surface area contributed by atoms with Crippen molar-refractivity contribution in [3.63, 3.8) is 0 Å². The number of hydrogen-bond acceptors (Lipinski definition) is 5. The number of ether oxygens (including phenoxy) is 2. The molecule has 0 fully saturated rings. The molecule has 1 unspecified atom stereocenters. The number of sulfone groups is 1. The van der Waals surface area contributed by atoms with E-state index in [1.54, 1.807) is 28.1 Å². The molecule has 98 valence electrons. The fraction of sp³-hybridized carbons (Fsp3) is 1.00. The van der Waals surface area contributed by atoms with Crippen LogP contribution in [0.2, 0.25) is 0 Å². The van der Waals surface area contributed by atoms with Crippen LogP contribution in [-0.2, 0) is 19.3 Å². The minimum absolute atomic E-state index is 0.0731. The predicted molar refractivity (Wildman–Crippen MR) is 64.2 cm³/mol. The minimum atomic E-state index is -3.08. The van der Waals surface area contributed by atoms with Crippen LogP contribution in [0.4, 0.5) is 0 Å². The summed E-state index contributed by atoms with van der Waals surface area (Å²) in [6.45, 7) is 5.62. The zero-order valence-corrected chi connectivity index (χ0v) is 11.7. The van der Waals surface area contributed by atoms with E-state index < -0.39 is 14.6 Å². The van der Waals surface area contributed by atoms with Gasteiger partial charge in [0.2, 0.25) is 0 Å². The molecule has 0 heterocycles. The average Bonchev–Trinajstić information content (AvgIpc) is 2.15. The van der Waals surface area contributed by atoms with E-state index in [-0.39, 0.29) is 12.3 Å². The van der Waals surface area contributed by atoms with Gasteiger partial charge in [0, 0.05) is 27.0 Å². The van der Waals surface area contributed by atoms with Gasteiger partial charge in [-0.15, -0.1) is 0 Å². The highest BCUT2D eigenvalue weighted by Crippen LogP contribution is 2.14. The number of nitrogens with one attached hydrogen (secondary N) is 1. The van der Waals surface area contributed by atoms with Crippen LogP contribution in [0.5, 0.6) is 0 Å². The lowest BCUT2D eigenvalue weighted by atomic mass is 10.2. The molecule has 0 aliphatic carbocycles. The molecular weight excluding hydrogens is 230 g/mol. The van der Waals surface area contributed by atoms with Crippen molar-refractivity contribution in [2.45, 2.75) is 37.9 Å². The van der Waals surface area contributed by atoms with E-state index in [1.165, 1.54) is 6.26 Å². The molecule has 0 aromatic heterocycles. The van der Waals surface area contributed by atoms with Gasteiger partial charge < -0.3 is 14.8 Å². The summed E-state index contributed by atoms with van der Waals surface area (Å²) >= 11 is 0. The molecule has 0 saturated heterocycles. The minimum Gasteiger partial charge on any atom is -0.354 e. The van der Waals surface area contributed by atoms with Gasteiger partial charge in [0.15, 0.2) is 16.1 Å². The summed E-state index contributed by atoms with van der Waals surface area (Å²) < 4.78 is 32.3. The molecule has 5 nitrogen and oxygen atoms in total. The fourth-order valence-electron chi connectivity index (χ4n) is 1.14. The first-order valence-electron chi connectivity index (χ1n) is 5.14. The van der Waals surface area contributed by atoms with E-state index in [0.717, 1.165) is 0 Å². The zero-order chi connectivity index (χ0) is 13.0. The standard InChI is InChI=1S/C10H23NO4S/c1-8(9(14-4)15-5)11-7-10(2,3)16(6,12)13/h8-9,11H,7H2,1-6H3. The normalized spacial score (nSPS) is 15.4. The van der Waals surface area contributed by atoms with Crippen molar-refractivity contribution in [3.8, 4) is 0 Å². The Kier molecular flexibility index (Phi) is 5.89. The second-order valence-electron chi connectivity index (χ2n) is 4.54. The Morgan fingerprint density at radius 2 is 1.69 bits per heavy atom.